The van der Waals surface area contributed by atoms with Crippen LogP contribution in [0.4, 0.5) is 0 Å². The van der Waals surface area contributed by atoms with E-state index >= 15 is 0 Å². The largest absolute Gasteiger partial charge is 0.493 e. The van der Waals surface area contributed by atoms with Crippen molar-refractivity contribution in [3.05, 3.63) is 29.3 Å². The summed E-state index contributed by atoms with van der Waals surface area (Å²) in [7, 11) is 0. The molecule has 4 heteroatoms. The Bertz CT molecular complexity index is 440. The van der Waals surface area contributed by atoms with Crippen LogP contribution in [-0.4, -0.2) is 24.9 Å². The Hall–Kier alpha value is -1.84. The molecule has 2 rings (SSSR count). The van der Waals surface area contributed by atoms with Gasteiger partial charge >= 0.3 is 5.97 Å². The van der Waals surface area contributed by atoms with Gasteiger partial charge in [-0.1, -0.05) is 0 Å². The van der Waals surface area contributed by atoms with Crippen molar-refractivity contribution in [1.29, 1.82) is 5.41 Å². The van der Waals surface area contributed by atoms with Gasteiger partial charge in [0, 0.05) is 13.3 Å². The molecule has 16 heavy (non-hydrogen) atoms. The van der Waals surface area contributed by atoms with Gasteiger partial charge in [-0.15, -0.1) is 0 Å². The van der Waals surface area contributed by atoms with E-state index in [4.69, 9.17) is 14.9 Å². The first-order valence-electron chi connectivity index (χ1n) is 5.13. The fourth-order valence-electron chi connectivity index (χ4n) is 1.63. The lowest BCUT2D eigenvalue weighted by molar-refractivity contribution is -0.139. The van der Waals surface area contributed by atoms with Gasteiger partial charge in [0.05, 0.1) is 12.3 Å². The quantitative estimate of drug-likeness (QED) is 0.619. The highest BCUT2D eigenvalue weighted by atomic mass is 16.5. The predicted octanol–water partition coefficient (Wildman–Crippen LogP) is 1.55. The highest BCUT2D eigenvalue weighted by molar-refractivity contribution is 6.00. The molecule has 1 aromatic carbocycles. The molecule has 0 radical (unpaired) electrons. The van der Waals surface area contributed by atoms with Crippen LogP contribution in [0.5, 0.6) is 5.75 Å². The zero-order valence-electron chi connectivity index (χ0n) is 9.08. The van der Waals surface area contributed by atoms with Crippen LogP contribution in [0.2, 0.25) is 0 Å². The van der Waals surface area contributed by atoms with Gasteiger partial charge in [0.25, 0.3) is 0 Å². The molecule has 84 valence electrons. The number of nitrogens with one attached hydrogen (secondary N) is 1. The maximum absolute atomic E-state index is 10.6. The van der Waals surface area contributed by atoms with Crippen LogP contribution in [0.25, 0.3) is 0 Å². The summed E-state index contributed by atoms with van der Waals surface area (Å²) < 4.78 is 10.2. The summed E-state index contributed by atoms with van der Waals surface area (Å²) in [4.78, 5) is 10.6. The topological polar surface area (TPSA) is 59.4 Å². The van der Waals surface area contributed by atoms with E-state index in [-0.39, 0.29) is 12.6 Å². The molecule has 4 nitrogen and oxygen atoms in total. The Labute approximate surface area is 93.7 Å². The van der Waals surface area contributed by atoms with Crippen molar-refractivity contribution >= 4 is 11.7 Å². The monoisotopic (exact) mass is 219 g/mol. The minimum Gasteiger partial charge on any atom is -0.493 e. The molecule has 1 heterocycles. The van der Waals surface area contributed by atoms with E-state index in [9.17, 15) is 4.79 Å². The molecular weight excluding hydrogens is 206 g/mol. The normalized spacial score (nSPS) is 12.8. The lowest BCUT2D eigenvalue weighted by Gasteiger charge is -2.06. The van der Waals surface area contributed by atoms with Gasteiger partial charge in [-0.25, -0.2) is 0 Å². The van der Waals surface area contributed by atoms with Crippen LogP contribution >= 0.6 is 0 Å². The average molecular weight is 219 g/mol. The van der Waals surface area contributed by atoms with E-state index in [0.29, 0.717) is 12.3 Å². The van der Waals surface area contributed by atoms with Crippen molar-refractivity contribution in [2.75, 3.05) is 13.2 Å². The summed E-state index contributed by atoms with van der Waals surface area (Å²) in [6.07, 6.45) is 0.879. The zero-order valence-corrected chi connectivity index (χ0v) is 9.08. The number of carbonyl (C=O) groups excluding carboxylic acids is 1. The molecule has 1 N–H and O–H groups in total. The van der Waals surface area contributed by atoms with Gasteiger partial charge in [-0.2, -0.15) is 0 Å². The standard InChI is InChI=1S/C12H13NO3/c1-8(14)16-7-11(13)9-2-3-12-10(6-9)4-5-15-12/h2-3,6,13H,4-5,7H2,1H3. The fraction of sp³-hybridized carbons (Fsp3) is 0.333. The van der Waals surface area contributed by atoms with E-state index in [1.807, 2.05) is 18.2 Å². The van der Waals surface area contributed by atoms with Crippen molar-refractivity contribution in [1.82, 2.24) is 0 Å². The van der Waals surface area contributed by atoms with E-state index in [1.54, 1.807) is 0 Å². The molecule has 0 saturated heterocycles. The lowest BCUT2D eigenvalue weighted by atomic mass is 10.1. The first kappa shape index (κ1) is 10.7. The second kappa shape index (κ2) is 4.35. The summed E-state index contributed by atoms with van der Waals surface area (Å²) in [6.45, 7) is 2.06. The van der Waals surface area contributed by atoms with Crippen molar-refractivity contribution in [2.24, 2.45) is 0 Å². The van der Waals surface area contributed by atoms with Gasteiger partial charge < -0.3 is 14.9 Å². The number of hydrogen-bond acceptors (Lipinski definition) is 4. The van der Waals surface area contributed by atoms with E-state index < -0.39 is 0 Å². The first-order valence-corrected chi connectivity index (χ1v) is 5.13. The molecule has 0 bridgehead atoms. The Morgan fingerprint density at radius 2 is 2.38 bits per heavy atom. The van der Waals surface area contributed by atoms with Crippen LogP contribution in [0.3, 0.4) is 0 Å². The zero-order chi connectivity index (χ0) is 11.5. The van der Waals surface area contributed by atoms with Gasteiger partial charge in [0.2, 0.25) is 0 Å². The third kappa shape index (κ3) is 2.21. The highest BCUT2D eigenvalue weighted by Gasteiger charge is 2.13. The average Bonchev–Trinajstić information content (AvgIpc) is 2.72. The molecule has 0 amide bonds. The highest BCUT2D eigenvalue weighted by Crippen LogP contribution is 2.25. The number of fused-ring (bicyclic) bond motifs is 1. The SMILES string of the molecule is CC(=O)OCC(=N)c1ccc2c(c1)CCO2. The van der Waals surface area contributed by atoms with Crippen molar-refractivity contribution < 1.29 is 14.3 Å². The van der Waals surface area contributed by atoms with Crippen LogP contribution in [0, 0.1) is 5.41 Å². The summed E-state index contributed by atoms with van der Waals surface area (Å²) in [5.41, 5.74) is 2.21. The minimum atomic E-state index is -0.366. The molecule has 1 aliphatic rings. The predicted molar refractivity (Wildman–Crippen MR) is 59.1 cm³/mol. The summed E-state index contributed by atoms with van der Waals surface area (Å²) in [6, 6.07) is 5.60. The molecule has 0 spiro atoms. The van der Waals surface area contributed by atoms with E-state index in [1.165, 1.54) is 6.92 Å². The van der Waals surface area contributed by atoms with Crippen LogP contribution in [0.15, 0.2) is 18.2 Å². The third-order valence-electron chi connectivity index (χ3n) is 2.46. The Kier molecular flexibility index (Phi) is 2.90. The van der Waals surface area contributed by atoms with Crippen LogP contribution in [-0.2, 0) is 16.0 Å². The minimum absolute atomic E-state index is 0.0228. The second-order valence-corrected chi connectivity index (χ2v) is 3.68. The molecule has 0 unspecified atom stereocenters. The number of esters is 1. The Balaban J connectivity index is 2.09. The van der Waals surface area contributed by atoms with Gasteiger partial charge in [-0.3, -0.25) is 4.79 Å². The van der Waals surface area contributed by atoms with Crippen molar-refractivity contribution in [3.63, 3.8) is 0 Å². The van der Waals surface area contributed by atoms with Crippen LogP contribution < -0.4 is 4.74 Å². The van der Waals surface area contributed by atoms with Gasteiger partial charge in [-0.05, 0) is 29.3 Å². The number of hydrogen-bond donors (Lipinski definition) is 1. The van der Waals surface area contributed by atoms with Gasteiger partial charge in [0.15, 0.2) is 0 Å². The van der Waals surface area contributed by atoms with Crippen molar-refractivity contribution in [2.45, 2.75) is 13.3 Å². The molecule has 0 aromatic heterocycles. The Morgan fingerprint density at radius 1 is 1.56 bits per heavy atom. The molecule has 0 aliphatic carbocycles. The smallest absolute Gasteiger partial charge is 0.303 e. The number of ether oxygens (including phenoxy) is 2. The second-order valence-electron chi connectivity index (χ2n) is 3.68. The molecule has 0 fully saturated rings. The molecule has 0 saturated carbocycles. The van der Waals surface area contributed by atoms with Crippen molar-refractivity contribution in [3.8, 4) is 5.75 Å². The molecule has 0 atom stereocenters. The maximum atomic E-state index is 10.6. The third-order valence-corrected chi connectivity index (χ3v) is 2.46. The van der Waals surface area contributed by atoms with Gasteiger partial charge in [0.1, 0.15) is 12.4 Å². The fourth-order valence-corrected chi connectivity index (χ4v) is 1.63. The van der Waals surface area contributed by atoms with Crippen LogP contribution in [0.1, 0.15) is 18.1 Å². The number of benzene rings is 1. The first-order chi connectivity index (χ1) is 7.66. The number of carbonyl (C=O) groups is 1. The summed E-state index contributed by atoms with van der Waals surface area (Å²) in [5.74, 6) is 0.526. The molecule has 1 aromatic rings. The lowest BCUT2D eigenvalue weighted by Crippen LogP contribution is -2.12. The number of rotatable bonds is 3. The van der Waals surface area contributed by atoms with E-state index in [0.717, 1.165) is 23.3 Å². The summed E-state index contributed by atoms with van der Waals surface area (Å²) in [5, 5.41) is 7.77. The molecule has 1 aliphatic heterocycles. The summed E-state index contributed by atoms with van der Waals surface area (Å²) >= 11 is 0. The maximum Gasteiger partial charge on any atom is 0.303 e. The Morgan fingerprint density at radius 3 is 3.12 bits per heavy atom. The van der Waals surface area contributed by atoms with E-state index in [2.05, 4.69) is 0 Å². The molecular formula is C12H13NO3.